The molecule has 5 heteroatoms. The van der Waals surface area contributed by atoms with Crippen molar-refractivity contribution in [2.24, 2.45) is 44.3 Å². The van der Waals surface area contributed by atoms with E-state index in [1.165, 1.54) is 0 Å². The second-order valence-corrected chi connectivity index (χ2v) is 14.8. The number of aliphatic carboxylic acids is 1. The van der Waals surface area contributed by atoms with Crippen molar-refractivity contribution >= 4 is 5.97 Å². The molecule has 5 aliphatic carbocycles. The SMILES string of the molecule is CC1(C)CC[C@]2(C(=O)O)CC[C@]3(C)C(=C2[C@@H]1O)C=C[C@@H]1[C@@]2(C)C[C@@H](O)[C@H](O)C(C)(C)[C@H]2CC[C@]13C. The number of carboxylic acid groups (broad SMARTS) is 1. The van der Waals surface area contributed by atoms with Gasteiger partial charge in [-0.25, -0.2) is 0 Å². The minimum Gasteiger partial charge on any atom is -0.481 e. The number of aliphatic hydroxyl groups is 3. The highest BCUT2D eigenvalue weighted by atomic mass is 16.4. The van der Waals surface area contributed by atoms with E-state index in [4.69, 9.17) is 0 Å². The van der Waals surface area contributed by atoms with Crippen molar-refractivity contribution in [1.29, 1.82) is 0 Å². The fourth-order valence-corrected chi connectivity index (χ4v) is 10.1. The normalized spacial score (nSPS) is 52.1. The van der Waals surface area contributed by atoms with E-state index in [0.717, 1.165) is 30.4 Å². The van der Waals surface area contributed by atoms with Crippen LogP contribution in [0.15, 0.2) is 23.3 Å². The van der Waals surface area contributed by atoms with Crippen LogP contribution in [0, 0.1) is 44.3 Å². The van der Waals surface area contributed by atoms with Crippen molar-refractivity contribution in [3.8, 4) is 0 Å². The summed E-state index contributed by atoms with van der Waals surface area (Å²) in [5, 5.41) is 43.9. The number of carbonyl (C=O) groups is 1. The van der Waals surface area contributed by atoms with Crippen molar-refractivity contribution in [3.05, 3.63) is 23.3 Å². The van der Waals surface area contributed by atoms with Gasteiger partial charge in [0.05, 0.1) is 23.7 Å². The number of fused-ring (bicyclic) bond motifs is 6. The topological polar surface area (TPSA) is 98.0 Å². The zero-order valence-electron chi connectivity index (χ0n) is 22.7. The maximum atomic E-state index is 12.8. The van der Waals surface area contributed by atoms with Crippen molar-refractivity contribution < 1.29 is 25.2 Å². The van der Waals surface area contributed by atoms with E-state index >= 15 is 0 Å². The second-order valence-electron chi connectivity index (χ2n) is 14.8. The first-order valence-electron chi connectivity index (χ1n) is 13.7. The molecule has 0 unspecified atom stereocenters. The van der Waals surface area contributed by atoms with Crippen LogP contribution in [0.1, 0.15) is 93.4 Å². The molecule has 0 aromatic carbocycles. The molecule has 9 atom stereocenters. The summed E-state index contributed by atoms with van der Waals surface area (Å²) in [4.78, 5) is 12.8. The predicted molar refractivity (Wildman–Crippen MR) is 135 cm³/mol. The third-order valence-corrected chi connectivity index (χ3v) is 12.6. The number of rotatable bonds is 1. The molecular weight excluding hydrogens is 440 g/mol. The molecule has 5 rings (SSSR count). The monoisotopic (exact) mass is 486 g/mol. The standard InChI is InChI=1S/C30H46O5/c1-25(2)12-14-30(24(34)35)15-13-28(6)17(21(30)23(25)33)8-9-20-27(5)16-18(31)22(32)26(3,4)19(27)10-11-29(20,28)7/h8-9,18-20,22-23,31-33H,10-16H2,1-7H3,(H,34,35)/t18-,19-,20-,22+,23+,27+,28-,29-,30+/m1/s1. The molecule has 0 aliphatic heterocycles. The number of aliphatic hydroxyl groups excluding tert-OH is 3. The van der Waals surface area contributed by atoms with Gasteiger partial charge in [0.15, 0.2) is 0 Å². The minimum absolute atomic E-state index is 0.126. The van der Waals surface area contributed by atoms with Crippen molar-refractivity contribution in [2.75, 3.05) is 0 Å². The molecular formula is C30H46O5. The third-order valence-electron chi connectivity index (χ3n) is 12.6. The molecule has 4 N–H and O–H groups in total. The van der Waals surface area contributed by atoms with Gasteiger partial charge in [-0.3, -0.25) is 4.79 Å². The number of allylic oxidation sites excluding steroid dienone is 3. The van der Waals surface area contributed by atoms with Crippen LogP contribution in [0.5, 0.6) is 0 Å². The van der Waals surface area contributed by atoms with Crippen molar-refractivity contribution in [3.63, 3.8) is 0 Å². The Morgan fingerprint density at radius 2 is 1.54 bits per heavy atom. The highest BCUT2D eigenvalue weighted by Gasteiger charge is 2.69. The second kappa shape index (κ2) is 7.23. The van der Waals surface area contributed by atoms with E-state index in [2.05, 4.69) is 60.6 Å². The summed E-state index contributed by atoms with van der Waals surface area (Å²) in [7, 11) is 0. The summed E-state index contributed by atoms with van der Waals surface area (Å²) in [5.41, 5.74) is -0.450. The Morgan fingerprint density at radius 3 is 2.17 bits per heavy atom. The van der Waals surface area contributed by atoms with E-state index in [1.807, 2.05) is 0 Å². The van der Waals surface area contributed by atoms with Gasteiger partial charge in [-0.05, 0) is 95.0 Å². The summed E-state index contributed by atoms with van der Waals surface area (Å²) < 4.78 is 0. The van der Waals surface area contributed by atoms with Gasteiger partial charge in [0.25, 0.3) is 0 Å². The van der Waals surface area contributed by atoms with Crippen LogP contribution < -0.4 is 0 Å². The van der Waals surface area contributed by atoms with Gasteiger partial charge in [0.1, 0.15) is 0 Å². The molecule has 0 amide bonds. The van der Waals surface area contributed by atoms with Crippen molar-refractivity contribution in [1.82, 2.24) is 0 Å². The van der Waals surface area contributed by atoms with Crippen LogP contribution >= 0.6 is 0 Å². The van der Waals surface area contributed by atoms with Crippen LogP contribution in [-0.2, 0) is 4.79 Å². The molecule has 35 heavy (non-hydrogen) atoms. The zero-order valence-corrected chi connectivity index (χ0v) is 22.7. The molecule has 5 aliphatic rings. The number of hydrogen-bond acceptors (Lipinski definition) is 4. The summed E-state index contributed by atoms with van der Waals surface area (Å²) in [6, 6.07) is 0. The van der Waals surface area contributed by atoms with E-state index < -0.39 is 29.7 Å². The summed E-state index contributed by atoms with van der Waals surface area (Å²) in [6.07, 6.45) is 7.38. The molecule has 0 spiro atoms. The summed E-state index contributed by atoms with van der Waals surface area (Å²) in [6.45, 7) is 15.3. The summed E-state index contributed by atoms with van der Waals surface area (Å²) >= 11 is 0. The molecule has 196 valence electrons. The largest absolute Gasteiger partial charge is 0.481 e. The minimum atomic E-state index is -0.981. The fourth-order valence-electron chi connectivity index (χ4n) is 10.1. The van der Waals surface area contributed by atoms with Gasteiger partial charge in [-0.15, -0.1) is 0 Å². The van der Waals surface area contributed by atoms with E-state index in [0.29, 0.717) is 25.7 Å². The predicted octanol–water partition coefficient (Wildman–Crippen LogP) is 5.10. The van der Waals surface area contributed by atoms with E-state index in [9.17, 15) is 25.2 Å². The lowest BCUT2D eigenvalue weighted by molar-refractivity contribution is -0.217. The van der Waals surface area contributed by atoms with Gasteiger partial charge in [-0.2, -0.15) is 0 Å². The third kappa shape index (κ3) is 2.89. The number of hydrogen-bond donors (Lipinski definition) is 4. The van der Waals surface area contributed by atoms with E-state index in [-0.39, 0.29) is 38.9 Å². The first kappa shape index (κ1) is 25.5. The molecule has 5 nitrogen and oxygen atoms in total. The molecule has 0 heterocycles. The Labute approximate surface area is 210 Å². The van der Waals surface area contributed by atoms with Gasteiger partial charge >= 0.3 is 5.97 Å². The lowest BCUT2D eigenvalue weighted by Gasteiger charge is -2.69. The maximum absolute atomic E-state index is 12.8. The lowest BCUT2D eigenvalue weighted by atomic mass is 9.35. The van der Waals surface area contributed by atoms with Gasteiger partial charge in [-0.1, -0.05) is 60.6 Å². The molecule has 0 saturated heterocycles. The smallest absolute Gasteiger partial charge is 0.313 e. The zero-order chi connectivity index (χ0) is 26.0. The van der Waals surface area contributed by atoms with Gasteiger partial charge < -0.3 is 20.4 Å². The Morgan fingerprint density at radius 1 is 0.914 bits per heavy atom. The quantitative estimate of drug-likeness (QED) is 0.414. The summed E-state index contributed by atoms with van der Waals surface area (Å²) in [5.74, 6) is -0.301. The van der Waals surface area contributed by atoms with Crippen LogP contribution in [-0.4, -0.2) is 44.7 Å². The highest BCUT2D eigenvalue weighted by molar-refractivity contribution is 5.81. The highest BCUT2D eigenvalue weighted by Crippen LogP contribution is 2.74. The first-order chi connectivity index (χ1) is 16.0. The first-order valence-corrected chi connectivity index (χ1v) is 13.7. The van der Waals surface area contributed by atoms with Crippen LogP contribution in [0.2, 0.25) is 0 Å². The average Bonchev–Trinajstić information content (AvgIpc) is 2.75. The molecule has 0 aromatic rings. The van der Waals surface area contributed by atoms with Crippen molar-refractivity contribution in [2.45, 2.75) is 112 Å². The molecule has 0 radical (unpaired) electrons. The van der Waals surface area contributed by atoms with Gasteiger partial charge in [0, 0.05) is 0 Å². The Hall–Kier alpha value is -1.17. The Bertz CT molecular complexity index is 1010. The van der Waals surface area contributed by atoms with Crippen LogP contribution in [0.3, 0.4) is 0 Å². The number of carboxylic acids is 1. The molecule has 0 aromatic heterocycles. The van der Waals surface area contributed by atoms with Gasteiger partial charge in [0.2, 0.25) is 0 Å². The van der Waals surface area contributed by atoms with E-state index in [1.54, 1.807) is 0 Å². The molecule has 3 saturated carbocycles. The molecule has 0 bridgehead atoms. The Kier molecular flexibility index (Phi) is 5.26. The maximum Gasteiger partial charge on any atom is 0.313 e. The Balaban J connectivity index is 1.71. The fraction of sp³-hybridized carbons (Fsp3) is 0.833. The molecule has 3 fully saturated rings. The average molecular weight is 487 g/mol. The lowest BCUT2D eigenvalue weighted by Crippen LogP contribution is -2.66. The van der Waals surface area contributed by atoms with Crippen LogP contribution in [0.25, 0.3) is 0 Å². The van der Waals surface area contributed by atoms with Crippen LogP contribution in [0.4, 0.5) is 0 Å².